The van der Waals surface area contributed by atoms with Crippen LogP contribution in [-0.2, 0) is 21.4 Å². The number of nitrogens with zero attached hydrogens (tertiary/aromatic N) is 4. The molecule has 1 saturated carbocycles. The number of piperidine rings is 1. The van der Waals surface area contributed by atoms with Crippen molar-refractivity contribution in [3.05, 3.63) is 18.2 Å². The molecule has 0 radical (unpaired) electrons. The SMILES string of the molecule is CCOC1CC(N(C)C(=O)[C@H]2CCC(=O)N(C)[C@@H]2c2nccn2C)C1. The zero-order chi connectivity index (χ0) is 18.1. The second-order valence-corrected chi connectivity index (χ2v) is 7.14. The molecule has 0 spiro atoms. The number of aromatic nitrogens is 2. The van der Waals surface area contributed by atoms with E-state index >= 15 is 0 Å². The molecule has 0 N–H and O–H groups in total. The molecule has 138 valence electrons. The summed E-state index contributed by atoms with van der Waals surface area (Å²) in [4.78, 5) is 33.3. The summed E-state index contributed by atoms with van der Waals surface area (Å²) < 4.78 is 7.50. The highest BCUT2D eigenvalue weighted by atomic mass is 16.5. The lowest BCUT2D eigenvalue weighted by Crippen LogP contribution is -2.53. The van der Waals surface area contributed by atoms with Crippen LogP contribution in [0.4, 0.5) is 0 Å². The van der Waals surface area contributed by atoms with Gasteiger partial charge in [0.15, 0.2) is 0 Å². The van der Waals surface area contributed by atoms with Gasteiger partial charge in [-0.25, -0.2) is 4.98 Å². The Hall–Kier alpha value is -1.89. The van der Waals surface area contributed by atoms with Crippen LogP contribution in [-0.4, -0.2) is 64.0 Å². The van der Waals surface area contributed by atoms with Crippen LogP contribution in [0.2, 0.25) is 0 Å². The first-order valence-electron chi connectivity index (χ1n) is 9.05. The normalized spacial score (nSPS) is 29.4. The molecule has 0 bridgehead atoms. The van der Waals surface area contributed by atoms with Gasteiger partial charge in [0, 0.05) is 52.6 Å². The number of ether oxygens (including phenoxy) is 1. The molecule has 2 heterocycles. The first kappa shape index (κ1) is 17.9. The van der Waals surface area contributed by atoms with Gasteiger partial charge in [0.1, 0.15) is 11.9 Å². The molecule has 7 heteroatoms. The number of likely N-dealkylation sites (tertiary alicyclic amines) is 1. The molecular weight excluding hydrogens is 320 g/mol. The van der Waals surface area contributed by atoms with Crippen molar-refractivity contribution >= 4 is 11.8 Å². The molecule has 25 heavy (non-hydrogen) atoms. The van der Waals surface area contributed by atoms with Crippen LogP contribution in [0.3, 0.4) is 0 Å². The topological polar surface area (TPSA) is 67.7 Å². The summed E-state index contributed by atoms with van der Waals surface area (Å²) in [5.74, 6) is 0.690. The maximum atomic E-state index is 13.2. The number of aryl methyl sites for hydroxylation is 1. The second kappa shape index (κ2) is 7.15. The summed E-state index contributed by atoms with van der Waals surface area (Å²) in [5.41, 5.74) is 0. The van der Waals surface area contributed by atoms with Gasteiger partial charge in [0.25, 0.3) is 0 Å². The van der Waals surface area contributed by atoms with Crippen molar-refractivity contribution in [3.63, 3.8) is 0 Å². The van der Waals surface area contributed by atoms with Crippen LogP contribution in [0.15, 0.2) is 12.4 Å². The number of hydrogen-bond donors (Lipinski definition) is 0. The average molecular weight is 348 g/mol. The van der Waals surface area contributed by atoms with Gasteiger partial charge in [0.05, 0.1) is 12.0 Å². The van der Waals surface area contributed by atoms with Crippen molar-refractivity contribution in [2.24, 2.45) is 13.0 Å². The van der Waals surface area contributed by atoms with Gasteiger partial charge in [-0.3, -0.25) is 9.59 Å². The zero-order valence-electron chi connectivity index (χ0n) is 15.5. The average Bonchev–Trinajstić information content (AvgIpc) is 2.97. The first-order valence-corrected chi connectivity index (χ1v) is 9.05. The summed E-state index contributed by atoms with van der Waals surface area (Å²) in [6, 6.07) is -0.0760. The Balaban J connectivity index is 1.75. The van der Waals surface area contributed by atoms with Crippen molar-refractivity contribution in [2.75, 3.05) is 20.7 Å². The molecule has 0 aromatic carbocycles. The highest BCUT2D eigenvalue weighted by molar-refractivity contribution is 5.84. The Morgan fingerprint density at radius 2 is 2.12 bits per heavy atom. The van der Waals surface area contributed by atoms with Crippen molar-refractivity contribution in [2.45, 2.75) is 50.8 Å². The Bertz CT molecular complexity index is 638. The van der Waals surface area contributed by atoms with Crippen molar-refractivity contribution in [1.82, 2.24) is 19.4 Å². The molecule has 2 aliphatic rings. The zero-order valence-corrected chi connectivity index (χ0v) is 15.5. The summed E-state index contributed by atoms with van der Waals surface area (Å²) in [5, 5.41) is 0. The molecule has 3 rings (SSSR count). The van der Waals surface area contributed by atoms with Crippen molar-refractivity contribution in [1.29, 1.82) is 0 Å². The van der Waals surface area contributed by atoms with Gasteiger partial charge in [0.2, 0.25) is 11.8 Å². The van der Waals surface area contributed by atoms with E-state index in [1.165, 1.54) is 0 Å². The Morgan fingerprint density at radius 3 is 2.72 bits per heavy atom. The van der Waals surface area contributed by atoms with E-state index in [2.05, 4.69) is 4.98 Å². The van der Waals surface area contributed by atoms with Gasteiger partial charge < -0.3 is 19.1 Å². The molecule has 1 aromatic heterocycles. The number of rotatable bonds is 5. The number of imidazole rings is 1. The maximum Gasteiger partial charge on any atom is 0.228 e. The van der Waals surface area contributed by atoms with E-state index in [1.807, 2.05) is 36.7 Å². The van der Waals surface area contributed by atoms with Crippen LogP contribution < -0.4 is 0 Å². The van der Waals surface area contributed by atoms with Crippen LogP contribution >= 0.6 is 0 Å². The van der Waals surface area contributed by atoms with E-state index in [0.717, 1.165) is 18.7 Å². The molecule has 1 aromatic rings. The molecule has 2 atom stereocenters. The van der Waals surface area contributed by atoms with Gasteiger partial charge in [-0.05, 0) is 26.2 Å². The minimum Gasteiger partial charge on any atom is -0.378 e. The Kier molecular flexibility index (Phi) is 5.13. The lowest BCUT2D eigenvalue weighted by molar-refractivity contribution is -0.150. The van der Waals surface area contributed by atoms with Gasteiger partial charge >= 0.3 is 0 Å². The Labute approximate surface area is 148 Å². The fourth-order valence-electron chi connectivity index (χ4n) is 3.98. The largest absolute Gasteiger partial charge is 0.378 e. The molecule has 2 amide bonds. The highest BCUT2D eigenvalue weighted by Crippen LogP contribution is 2.37. The summed E-state index contributed by atoms with van der Waals surface area (Å²) in [6.45, 7) is 2.71. The van der Waals surface area contributed by atoms with E-state index in [9.17, 15) is 9.59 Å². The smallest absolute Gasteiger partial charge is 0.228 e. The van der Waals surface area contributed by atoms with Gasteiger partial charge in [-0.2, -0.15) is 0 Å². The predicted octanol–water partition coefficient (Wildman–Crippen LogP) is 1.36. The third-order valence-corrected chi connectivity index (χ3v) is 5.67. The summed E-state index contributed by atoms with van der Waals surface area (Å²) >= 11 is 0. The lowest BCUT2D eigenvalue weighted by Gasteiger charge is -2.44. The standard InChI is InChI=1S/C18H28N4O3/c1-5-25-13-10-12(11-13)21(3)18(24)14-6-7-15(23)22(4)16(14)17-19-8-9-20(17)2/h8-9,12-14,16H,5-7,10-11H2,1-4H3/t12?,13?,14-,16-/m0/s1. The number of hydrogen-bond acceptors (Lipinski definition) is 4. The van der Waals surface area contributed by atoms with E-state index < -0.39 is 0 Å². The van der Waals surface area contributed by atoms with Crippen LogP contribution in [0.1, 0.15) is 44.5 Å². The van der Waals surface area contributed by atoms with Crippen LogP contribution in [0, 0.1) is 5.92 Å². The summed E-state index contributed by atoms with van der Waals surface area (Å²) in [7, 11) is 5.55. The maximum absolute atomic E-state index is 13.2. The molecule has 1 aliphatic heterocycles. The van der Waals surface area contributed by atoms with Crippen LogP contribution in [0.5, 0.6) is 0 Å². The fraction of sp³-hybridized carbons (Fsp3) is 0.722. The quantitative estimate of drug-likeness (QED) is 0.806. The fourth-order valence-corrected chi connectivity index (χ4v) is 3.98. The third-order valence-electron chi connectivity index (χ3n) is 5.67. The van der Waals surface area contributed by atoms with E-state index in [-0.39, 0.29) is 35.9 Å². The van der Waals surface area contributed by atoms with Crippen molar-refractivity contribution < 1.29 is 14.3 Å². The molecule has 2 fully saturated rings. The van der Waals surface area contributed by atoms with Gasteiger partial charge in [-0.1, -0.05) is 0 Å². The number of amides is 2. The molecule has 1 saturated heterocycles. The summed E-state index contributed by atoms with van der Waals surface area (Å²) in [6.07, 6.45) is 6.61. The van der Waals surface area contributed by atoms with Crippen LogP contribution in [0.25, 0.3) is 0 Å². The predicted molar refractivity (Wildman–Crippen MR) is 92.6 cm³/mol. The molecule has 1 aliphatic carbocycles. The van der Waals surface area contributed by atoms with E-state index in [4.69, 9.17) is 4.74 Å². The van der Waals surface area contributed by atoms with Gasteiger partial charge in [-0.15, -0.1) is 0 Å². The third kappa shape index (κ3) is 3.29. The highest BCUT2D eigenvalue weighted by Gasteiger charge is 2.44. The molecule has 0 unspecified atom stereocenters. The number of carbonyl (C=O) groups is 2. The van der Waals surface area contributed by atoms with E-state index in [1.54, 1.807) is 18.1 Å². The first-order chi connectivity index (χ1) is 11.9. The monoisotopic (exact) mass is 348 g/mol. The minimum absolute atomic E-state index is 0.0692. The lowest BCUT2D eigenvalue weighted by atomic mass is 9.84. The molecular formula is C18H28N4O3. The number of carbonyl (C=O) groups excluding carboxylic acids is 2. The molecule has 7 nitrogen and oxygen atoms in total. The van der Waals surface area contributed by atoms with E-state index in [0.29, 0.717) is 19.4 Å². The van der Waals surface area contributed by atoms with Crippen molar-refractivity contribution in [3.8, 4) is 0 Å². The minimum atomic E-state index is -0.307. The second-order valence-electron chi connectivity index (χ2n) is 7.14. The Morgan fingerprint density at radius 1 is 1.40 bits per heavy atom.